The van der Waals surface area contributed by atoms with E-state index in [4.69, 9.17) is 11.6 Å². The Labute approximate surface area is 199 Å². The van der Waals surface area contributed by atoms with Crippen LogP contribution >= 0.6 is 11.6 Å². The van der Waals surface area contributed by atoms with E-state index in [-0.39, 0.29) is 35.9 Å². The van der Waals surface area contributed by atoms with Gasteiger partial charge in [0.2, 0.25) is 5.91 Å². The molecule has 4 amide bonds. The normalized spacial score (nSPS) is 17.4. The van der Waals surface area contributed by atoms with Crippen molar-refractivity contribution in [2.45, 2.75) is 38.4 Å². The number of hydrogen-bond acceptors (Lipinski definition) is 4. The molecule has 0 unspecified atom stereocenters. The van der Waals surface area contributed by atoms with E-state index in [0.717, 1.165) is 0 Å². The van der Waals surface area contributed by atoms with Crippen molar-refractivity contribution in [1.29, 1.82) is 0 Å². The van der Waals surface area contributed by atoms with Crippen LogP contribution in [0, 0.1) is 17.7 Å². The van der Waals surface area contributed by atoms with E-state index < -0.39 is 41.1 Å². The molecule has 4 N–H and O–H groups in total. The van der Waals surface area contributed by atoms with Crippen molar-refractivity contribution in [2.75, 3.05) is 13.1 Å². The smallest absolute Gasteiger partial charge is 0.291 e. The van der Waals surface area contributed by atoms with E-state index >= 15 is 0 Å². The first-order valence-corrected chi connectivity index (χ1v) is 11.3. The van der Waals surface area contributed by atoms with Gasteiger partial charge in [0.05, 0.1) is 12.5 Å². The summed E-state index contributed by atoms with van der Waals surface area (Å²) in [6.07, 6.45) is 0.596. The molecule has 3 atom stereocenters. The van der Waals surface area contributed by atoms with Crippen LogP contribution < -0.4 is 16.1 Å². The molecule has 1 fully saturated rings. The van der Waals surface area contributed by atoms with Crippen LogP contribution in [0.1, 0.15) is 37.2 Å². The largest absolute Gasteiger partial charge is 0.356 e. The lowest BCUT2D eigenvalue weighted by Gasteiger charge is -2.28. The highest BCUT2D eigenvalue weighted by atomic mass is 35.5. The predicted molar refractivity (Wildman–Crippen MR) is 121 cm³/mol. The van der Waals surface area contributed by atoms with E-state index in [0.29, 0.717) is 23.5 Å². The van der Waals surface area contributed by atoms with Gasteiger partial charge in [-0.05, 0) is 37.0 Å². The Morgan fingerprint density at radius 1 is 1.29 bits per heavy atom. The first-order valence-electron chi connectivity index (χ1n) is 10.8. The fraction of sp³-hybridized carbons (Fsp3) is 0.455. The van der Waals surface area contributed by atoms with Crippen molar-refractivity contribution in [3.8, 4) is 0 Å². The van der Waals surface area contributed by atoms with Gasteiger partial charge in [-0.3, -0.25) is 24.6 Å². The van der Waals surface area contributed by atoms with E-state index in [2.05, 4.69) is 21.0 Å². The number of amides is 4. The molecule has 0 bridgehead atoms. The van der Waals surface area contributed by atoms with E-state index in [1.54, 1.807) is 6.07 Å². The van der Waals surface area contributed by atoms with Crippen LogP contribution in [0.5, 0.6) is 0 Å². The summed E-state index contributed by atoms with van der Waals surface area (Å²) in [5.74, 6) is -4.18. The molecule has 0 spiro atoms. The molecule has 1 saturated heterocycles. The number of nitrogens with one attached hydrogen (secondary N) is 4. The Morgan fingerprint density at radius 3 is 2.62 bits per heavy atom. The maximum absolute atomic E-state index is 14.0. The number of alkyl halides is 2. The van der Waals surface area contributed by atoms with Gasteiger partial charge in [0.1, 0.15) is 17.6 Å². The minimum atomic E-state index is -2.43. The molecular formula is C22H26ClF2N5O4. The number of aromatic nitrogens is 1. The molecule has 9 nitrogen and oxygen atoms in total. The maximum atomic E-state index is 14.0. The number of halogens is 3. The lowest BCUT2D eigenvalue weighted by molar-refractivity contribution is -0.145. The van der Waals surface area contributed by atoms with Gasteiger partial charge in [-0.1, -0.05) is 31.5 Å². The summed E-state index contributed by atoms with van der Waals surface area (Å²) >= 11 is 5.29. The van der Waals surface area contributed by atoms with E-state index in [9.17, 15) is 28.0 Å². The number of carbonyl (C=O) groups is 4. The highest BCUT2D eigenvalue weighted by Gasteiger charge is 2.33. The molecule has 12 heteroatoms. The summed E-state index contributed by atoms with van der Waals surface area (Å²) in [5, 5.41) is 6.07. The van der Waals surface area contributed by atoms with Crippen molar-refractivity contribution in [3.63, 3.8) is 0 Å². The molecule has 1 aromatic heterocycles. The maximum Gasteiger partial charge on any atom is 0.291 e. The first kappa shape index (κ1) is 25.4. The van der Waals surface area contributed by atoms with Gasteiger partial charge >= 0.3 is 0 Å². The zero-order chi connectivity index (χ0) is 25.0. The molecule has 3 rings (SSSR count). The van der Waals surface area contributed by atoms with Crippen molar-refractivity contribution in [2.24, 2.45) is 11.8 Å². The minimum absolute atomic E-state index is 0.0390. The van der Waals surface area contributed by atoms with Gasteiger partial charge in [0.25, 0.3) is 23.4 Å². The number of hydrazine groups is 1. The number of H-pyrrole nitrogens is 1. The molecule has 0 radical (unpaired) electrons. The summed E-state index contributed by atoms with van der Waals surface area (Å²) in [4.78, 5) is 52.8. The van der Waals surface area contributed by atoms with Gasteiger partial charge in [0, 0.05) is 17.4 Å². The summed E-state index contributed by atoms with van der Waals surface area (Å²) < 4.78 is 27.5. The Bertz CT molecular complexity index is 1090. The molecule has 184 valence electrons. The molecular weight excluding hydrogens is 472 g/mol. The third kappa shape index (κ3) is 6.02. The second-order valence-electron chi connectivity index (χ2n) is 8.54. The van der Waals surface area contributed by atoms with Gasteiger partial charge in [-0.2, -0.15) is 0 Å². The number of nitrogens with zero attached hydrogens (tertiary/aromatic N) is 1. The zero-order valence-electron chi connectivity index (χ0n) is 18.7. The molecule has 0 aliphatic carbocycles. The number of hydrogen-bond donors (Lipinski definition) is 4. The average Bonchev–Trinajstić information content (AvgIpc) is 3.39. The van der Waals surface area contributed by atoms with Gasteiger partial charge in [0.15, 0.2) is 0 Å². The fourth-order valence-electron chi connectivity index (χ4n) is 3.74. The molecule has 1 aromatic carbocycles. The van der Waals surface area contributed by atoms with Crippen LogP contribution in [0.3, 0.4) is 0 Å². The highest BCUT2D eigenvalue weighted by molar-refractivity contribution is 6.29. The second-order valence-corrected chi connectivity index (χ2v) is 8.93. The summed E-state index contributed by atoms with van der Waals surface area (Å²) in [7, 11) is 0. The van der Waals surface area contributed by atoms with Crippen molar-refractivity contribution < 1.29 is 28.0 Å². The summed E-state index contributed by atoms with van der Waals surface area (Å²) in [5.41, 5.74) is 0.330. The number of benzene rings is 1. The zero-order valence-corrected chi connectivity index (χ0v) is 19.4. The minimum Gasteiger partial charge on any atom is -0.356 e. The van der Waals surface area contributed by atoms with E-state index in [1.807, 2.05) is 13.8 Å². The predicted octanol–water partition coefficient (Wildman–Crippen LogP) is 1.98. The molecule has 0 saturated carbocycles. The van der Waals surface area contributed by atoms with Gasteiger partial charge in [-0.15, -0.1) is 0 Å². The standard InChI is InChI=1S/C22H26ClF2N5O4/c1-11(2)8-16(28-20(32)17-9-13-14(24)4-3-5-15(13)27-17)21(33)29-30(22(34)18(23)25)10-12-6-7-26-19(12)31/h3-5,9,11-12,16,18,27H,6-8,10H2,1-2H3,(H,26,31)(H,28,32)(H,29,33)/t12-,16-,18-/m0/s1. The average molecular weight is 498 g/mol. The molecule has 1 aliphatic heterocycles. The van der Waals surface area contributed by atoms with Crippen molar-refractivity contribution in [1.82, 2.24) is 26.1 Å². The van der Waals surface area contributed by atoms with Crippen LogP contribution in [0.15, 0.2) is 24.3 Å². The van der Waals surface area contributed by atoms with Crippen LogP contribution in [0.2, 0.25) is 0 Å². The molecule has 1 aliphatic rings. The van der Waals surface area contributed by atoms with Crippen LogP contribution in [-0.2, 0) is 14.4 Å². The monoisotopic (exact) mass is 497 g/mol. The first-order chi connectivity index (χ1) is 16.1. The van der Waals surface area contributed by atoms with Gasteiger partial charge in [-0.25, -0.2) is 13.8 Å². The SMILES string of the molecule is CC(C)C[C@H](NC(=O)c1cc2c(F)cccc2[nH]1)C(=O)NN(C[C@@H]1CCNC1=O)C(=O)[C@H](F)Cl. The Kier molecular flexibility index (Phi) is 8.08. The fourth-order valence-corrected chi connectivity index (χ4v) is 3.86. The quantitative estimate of drug-likeness (QED) is 0.329. The van der Waals surface area contributed by atoms with Crippen LogP contribution in [0.25, 0.3) is 10.9 Å². The third-order valence-corrected chi connectivity index (χ3v) is 5.63. The number of rotatable bonds is 8. The molecule has 2 heterocycles. The number of aromatic amines is 1. The summed E-state index contributed by atoms with van der Waals surface area (Å²) in [6, 6.07) is 4.59. The summed E-state index contributed by atoms with van der Waals surface area (Å²) in [6.45, 7) is 3.78. The van der Waals surface area contributed by atoms with Crippen molar-refractivity contribution >= 4 is 46.1 Å². The van der Waals surface area contributed by atoms with E-state index in [1.165, 1.54) is 18.2 Å². The second kappa shape index (κ2) is 10.8. The van der Waals surface area contributed by atoms with Crippen LogP contribution in [-0.4, -0.2) is 58.4 Å². The molecule has 34 heavy (non-hydrogen) atoms. The Morgan fingerprint density at radius 2 is 2.03 bits per heavy atom. The highest BCUT2D eigenvalue weighted by Crippen LogP contribution is 2.19. The van der Waals surface area contributed by atoms with Crippen molar-refractivity contribution in [3.05, 3.63) is 35.8 Å². The lowest BCUT2D eigenvalue weighted by atomic mass is 10.0. The topological polar surface area (TPSA) is 123 Å². The number of carbonyl (C=O) groups excluding carboxylic acids is 4. The van der Waals surface area contributed by atoms with Gasteiger partial charge < -0.3 is 15.6 Å². The molecule has 2 aromatic rings. The number of fused-ring (bicyclic) bond motifs is 1. The third-order valence-electron chi connectivity index (χ3n) is 5.45. The Balaban J connectivity index is 1.76. The lowest BCUT2D eigenvalue weighted by Crippen LogP contribution is -2.57. The van der Waals surface area contributed by atoms with Crippen LogP contribution in [0.4, 0.5) is 8.78 Å². The Hall–Kier alpha value is -3.21.